The van der Waals surface area contributed by atoms with E-state index in [1.807, 2.05) is 6.07 Å². The van der Waals surface area contributed by atoms with Crippen molar-refractivity contribution in [2.24, 2.45) is 0 Å². The lowest BCUT2D eigenvalue weighted by atomic mass is 9.96. The zero-order valence-electron chi connectivity index (χ0n) is 13.7. The van der Waals surface area contributed by atoms with Gasteiger partial charge in [0.2, 0.25) is 11.7 Å². The minimum Gasteiger partial charge on any atom is -0.367 e. The Morgan fingerprint density at radius 2 is 2.00 bits per heavy atom. The third-order valence-corrected chi connectivity index (χ3v) is 5.04. The minimum absolute atomic E-state index is 0.0705. The number of ether oxygens (including phenoxy) is 1. The quantitative estimate of drug-likeness (QED) is 0.868. The summed E-state index contributed by atoms with van der Waals surface area (Å²) in [5, 5.41) is 4.23. The molecule has 0 radical (unpaired) electrons. The second-order valence-corrected chi connectivity index (χ2v) is 6.85. The number of nitrogens with zero attached hydrogens (tertiary/aromatic N) is 3. The molecule has 0 amide bonds. The lowest BCUT2D eigenvalue weighted by molar-refractivity contribution is -0.0450. The maximum absolute atomic E-state index is 5.87. The van der Waals surface area contributed by atoms with Crippen LogP contribution in [0.4, 0.5) is 0 Å². The first kappa shape index (κ1) is 14.8. The standard InChI is InChI=1S/C18H23N3O2/c1-13(2)21-10-11-22-15(12-21)16-19-17(23-20-16)18(8-9-18)14-6-4-3-5-7-14/h3-7,13,15H,8-12H2,1-2H3. The van der Waals surface area contributed by atoms with Crippen molar-refractivity contribution in [1.29, 1.82) is 0 Å². The highest BCUT2D eigenvalue weighted by Gasteiger charge is 2.51. The van der Waals surface area contributed by atoms with Gasteiger partial charge in [0.05, 0.1) is 12.0 Å². The van der Waals surface area contributed by atoms with E-state index in [0.29, 0.717) is 11.9 Å². The van der Waals surface area contributed by atoms with Crippen LogP contribution in [0.15, 0.2) is 34.9 Å². The summed E-state index contributed by atoms with van der Waals surface area (Å²) >= 11 is 0. The molecule has 1 aliphatic carbocycles. The van der Waals surface area contributed by atoms with Crippen LogP contribution in [0.3, 0.4) is 0 Å². The van der Waals surface area contributed by atoms with Crippen LogP contribution >= 0.6 is 0 Å². The van der Waals surface area contributed by atoms with E-state index in [1.165, 1.54) is 5.56 Å². The van der Waals surface area contributed by atoms with Crippen LogP contribution in [0.25, 0.3) is 0 Å². The molecule has 1 aromatic heterocycles. The van der Waals surface area contributed by atoms with Crippen molar-refractivity contribution in [3.63, 3.8) is 0 Å². The number of hydrogen-bond donors (Lipinski definition) is 0. The largest absolute Gasteiger partial charge is 0.367 e. The van der Waals surface area contributed by atoms with Gasteiger partial charge in [0.15, 0.2) is 0 Å². The van der Waals surface area contributed by atoms with Crippen molar-refractivity contribution in [1.82, 2.24) is 15.0 Å². The monoisotopic (exact) mass is 313 g/mol. The van der Waals surface area contributed by atoms with E-state index in [0.717, 1.165) is 38.4 Å². The fourth-order valence-corrected chi connectivity index (χ4v) is 3.36. The van der Waals surface area contributed by atoms with Crippen LogP contribution in [0.5, 0.6) is 0 Å². The first-order chi connectivity index (χ1) is 11.2. The molecule has 122 valence electrons. The van der Waals surface area contributed by atoms with Gasteiger partial charge in [-0.25, -0.2) is 0 Å². The smallest absolute Gasteiger partial charge is 0.237 e. The lowest BCUT2D eigenvalue weighted by Crippen LogP contribution is -2.42. The summed E-state index contributed by atoms with van der Waals surface area (Å²) in [5.41, 5.74) is 1.20. The van der Waals surface area contributed by atoms with Gasteiger partial charge in [0.1, 0.15) is 6.10 Å². The van der Waals surface area contributed by atoms with Crippen molar-refractivity contribution >= 4 is 0 Å². The van der Waals surface area contributed by atoms with Gasteiger partial charge >= 0.3 is 0 Å². The zero-order valence-corrected chi connectivity index (χ0v) is 13.7. The van der Waals surface area contributed by atoms with Crippen LogP contribution < -0.4 is 0 Å². The molecular formula is C18H23N3O2. The molecule has 1 atom stereocenters. The van der Waals surface area contributed by atoms with Gasteiger partial charge < -0.3 is 9.26 Å². The number of aromatic nitrogens is 2. The Morgan fingerprint density at radius 1 is 1.22 bits per heavy atom. The summed E-state index contributed by atoms with van der Waals surface area (Å²) in [6.45, 7) is 6.93. The van der Waals surface area contributed by atoms with Gasteiger partial charge in [0.25, 0.3) is 0 Å². The van der Waals surface area contributed by atoms with Crippen molar-refractivity contribution in [3.8, 4) is 0 Å². The lowest BCUT2D eigenvalue weighted by Gasteiger charge is -2.34. The highest BCUT2D eigenvalue weighted by atomic mass is 16.5. The van der Waals surface area contributed by atoms with E-state index in [4.69, 9.17) is 14.2 Å². The molecule has 23 heavy (non-hydrogen) atoms. The number of morpholine rings is 1. The molecule has 1 saturated carbocycles. The summed E-state index contributed by atoms with van der Waals surface area (Å²) in [6, 6.07) is 11.0. The van der Waals surface area contributed by atoms with Gasteiger partial charge in [0, 0.05) is 19.1 Å². The van der Waals surface area contributed by atoms with Crippen LogP contribution in [0.2, 0.25) is 0 Å². The molecule has 0 N–H and O–H groups in total. The SMILES string of the molecule is CC(C)N1CCOC(c2noc(C3(c4ccccc4)CC3)n2)C1. The van der Waals surface area contributed by atoms with Crippen LogP contribution in [-0.2, 0) is 10.2 Å². The molecule has 1 saturated heterocycles. The Kier molecular flexibility index (Phi) is 3.70. The highest BCUT2D eigenvalue weighted by molar-refractivity contribution is 5.38. The van der Waals surface area contributed by atoms with E-state index in [-0.39, 0.29) is 11.5 Å². The second-order valence-electron chi connectivity index (χ2n) is 6.85. The average molecular weight is 313 g/mol. The van der Waals surface area contributed by atoms with Gasteiger partial charge in [-0.05, 0) is 32.3 Å². The maximum Gasteiger partial charge on any atom is 0.237 e. The Morgan fingerprint density at radius 3 is 2.70 bits per heavy atom. The molecule has 1 aromatic carbocycles. The van der Waals surface area contributed by atoms with Gasteiger partial charge in [-0.1, -0.05) is 35.5 Å². The van der Waals surface area contributed by atoms with E-state index in [1.54, 1.807) is 0 Å². The Balaban J connectivity index is 1.56. The number of benzene rings is 1. The molecular weight excluding hydrogens is 290 g/mol. The summed E-state index contributed by atoms with van der Waals surface area (Å²) in [5.74, 6) is 1.43. The first-order valence-corrected chi connectivity index (χ1v) is 8.44. The van der Waals surface area contributed by atoms with Crippen LogP contribution in [0.1, 0.15) is 50.1 Å². The second kappa shape index (κ2) is 5.73. The topological polar surface area (TPSA) is 51.4 Å². The van der Waals surface area contributed by atoms with Crippen LogP contribution in [-0.4, -0.2) is 40.8 Å². The molecule has 5 nitrogen and oxygen atoms in total. The summed E-state index contributed by atoms with van der Waals surface area (Å²) in [7, 11) is 0. The highest BCUT2D eigenvalue weighted by Crippen LogP contribution is 2.52. The molecule has 1 aliphatic heterocycles. The Bertz CT molecular complexity index is 664. The number of rotatable bonds is 4. The van der Waals surface area contributed by atoms with E-state index in [9.17, 15) is 0 Å². The van der Waals surface area contributed by atoms with Crippen molar-refractivity contribution in [2.75, 3.05) is 19.7 Å². The molecule has 0 bridgehead atoms. The zero-order chi connectivity index (χ0) is 15.9. The Hall–Kier alpha value is -1.72. The minimum atomic E-state index is -0.0878. The molecule has 5 heteroatoms. The predicted octanol–water partition coefficient (Wildman–Crippen LogP) is 2.93. The molecule has 2 aromatic rings. The predicted molar refractivity (Wildman–Crippen MR) is 86.2 cm³/mol. The molecule has 4 rings (SSSR count). The van der Waals surface area contributed by atoms with Gasteiger partial charge in [-0.15, -0.1) is 0 Å². The van der Waals surface area contributed by atoms with E-state index >= 15 is 0 Å². The van der Waals surface area contributed by atoms with Crippen LogP contribution in [0, 0.1) is 0 Å². The third-order valence-electron chi connectivity index (χ3n) is 5.04. The average Bonchev–Trinajstić information content (AvgIpc) is 3.25. The van der Waals surface area contributed by atoms with Crippen molar-refractivity contribution < 1.29 is 9.26 Å². The van der Waals surface area contributed by atoms with Gasteiger partial charge in [-0.3, -0.25) is 4.90 Å². The molecule has 2 heterocycles. The fourth-order valence-electron chi connectivity index (χ4n) is 3.36. The summed E-state index contributed by atoms with van der Waals surface area (Å²) in [4.78, 5) is 7.11. The van der Waals surface area contributed by atoms with E-state index in [2.05, 4.69) is 48.2 Å². The fraction of sp³-hybridized carbons (Fsp3) is 0.556. The Labute approximate surface area is 136 Å². The van der Waals surface area contributed by atoms with Gasteiger partial charge in [-0.2, -0.15) is 4.98 Å². The molecule has 2 aliphatic rings. The number of hydrogen-bond acceptors (Lipinski definition) is 5. The molecule has 0 spiro atoms. The maximum atomic E-state index is 5.87. The van der Waals surface area contributed by atoms with Crippen molar-refractivity contribution in [2.45, 2.75) is 44.2 Å². The van der Waals surface area contributed by atoms with E-state index < -0.39 is 0 Å². The molecule has 2 fully saturated rings. The first-order valence-electron chi connectivity index (χ1n) is 8.44. The third kappa shape index (κ3) is 2.68. The van der Waals surface area contributed by atoms with Crippen molar-refractivity contribution in [3.05, 3.63) is 47.6 Å². The summed E-state index contributed by atoms with van der Waals surface area (Å²) in [6.07, 6.45) is 2.06. The normalized spacial score (nSPS) is 24.0. The summed E-state index contributed by atoms with van der Waals surface area (Å²) < 4.78 is 11.5. The molecule has 1 unspecified atom stereocenters.